The Morgan fingerprint density at radius 1 is 1.48 bits per heavy atom. The monoisotopic (exact) mass is 331 g/mol. The zero-order valence-electron chi connectivity index (χ0n) is 13.1. The van der Waals surface area contributed by atoms with E-state index in [1.54, 1.807) is 18.4 Å². The molecule has 1 atom stereocenters. The van der Waals surface area contributed by atoms with Crippen molar-refractivity contribution in [2.75, 3.05) is 0 Å². The van der Waals surface area contributed by atoms with Gasteiger partial charge in [0, 0.05) is 4.88 Å². The summed E-state index contributed by atoms with van der Waals surface area (Å²) in [6.45, 7) is 5.62. The topological polar surface area (TPSA) is 77.1 Å². The van der Waals surface area contributed by atoms with Crippen LogP contribution in [-0.4, -0.2) is 15.5 Å². The highest BCUT2D eigenvalue weighted by Gasteiger charge is 2.15. The molecule has 0 fully saturated rings. The molecule has 3 aromatic heterocycles. The van der Waals surface area contributed by atoms with Crippen LogP contribution in [0.25, 0.3) is 10.2 Å². The fourth-order valence-corrected chi connectivity index (χ4v) is 3.42. The number of thiophene rings is 1. The van der Waals surface area contributed by atoms with Gasteiger partial charge in [-0.3, -0.25) is 14.2 Å². The van der Waals surface area contributed by atoms with Gasteiger partial charge < -0.3 is 9.73 Å². The molecule has 0 aliphatic heterocycles. The Labute approximate surface area is 136 Å². The fourth-order valence-electron chi connectivity index (χ4n) is 2.43. The third kappa shape index (κ3) is 2.92. The van der Waals surface area contributed by atoms with Crippen molar-refractivity contribution < 1.29 is 9.21 Å². The number of nitrogens with one attached hydrogen (secondary N) is 1. The lowest BCUT2D eigenvalue weighted by molar-refractivity contribution is -0.122. The predicted octanol–water partition coefficient (Wildman–Crippen LogP) is 2.55. The Balaban J connectivity index is 1.81. The lowest BCUT2D eigenvalue weighted by atomic mass is 10.2. The Bertz CT molecular complexity index is 909. The summed E-state index contributed by atoms with van der Waals surface area (Å²) in [6.07, 6.45) is 2.99. The number of carbonyl (C=O) groups excluding carboxylic acids is 1. The summed E-state index contributed by atoms with van der Waals surface area (Å²) >= 11 is 1.49. The maximum absolute atomic E-state index is 12.5. The van der Waals surface area contributed by atoms with Crippen LogP contribution in [0.3, 0.4) is 0 Å². The van der Waals surface area contributed by atoms with Gasteiger partial charge in [0.05, 0.1) is 24.0 Å². The van der Waals surface area contributed by atoms with Crippen LogP contribution in [0.1, 0.15) is 29.2 Å². The molecule has 0 bridgehead atoms. The molecule has 0 radical (unpaired) electrons. The Morgan fingerprint density at radius 2 is 2.26 bits per heavy atom. The summed E-state index contributed by atoms with van der Waals surface area (Å²) in [7, 11) is 0. The van der Waals surface area contributed by atoms with Gasteiger partial charge in [-0.05, 0) is 38.5 Å². The largest absolute Gasteiger partial charge is 0.467 e. The minimum atomic E-state index is -0.262. The molecule has 23 heavy (non-hydrogen) atoms. The number of hydrogen-bond donors (Lipinski definition) is 1. The maximum Gasteiger partial charge on any atom is 0.262 e. The van der Waals surface area contributed by atoms with Crippen LogP contribution >= 0.6 is 11.3 Å². The van der Waals surface area contributed by atoms with Crippen molar-refractivity contribution >= 4 is 27.5 Å². The average Bonchev–Trinajstić information content (AvgIpc) is 3.12. The van der Waals surface area contributed by atoms with Crippen LogP contribution in [0.5, 0.6) is 0 Å². The first-order chi connectivity index (χ1) is 11.0. The third-order valence-electron chi connectivity index (χ3n) is 3.82. The number of fused-ring (bicyclic) bond motifs is 1. The first kappa shape index (κ1) is 15.5. The Hall–Kier alpha value is -2.41. The molecular formula is C16H17N3O3S. The molecule has 0 aliphatic rings. The summed E-state index contributed by atoms with van der Waals surface area (Å²) in [6, 6.07) is 3.31. The summed E-state index contributed by atoms with van der Waals surface area (Å²) in [5, 5.41) is 3.41. The number of furan rings is 1. The number of nitrogens with zero attached hydrogens (tertiary/aromatic N) is 2. The smallest absolute Gasteiger partial charge is 0.262 e. The van der Waals surface area contributed by atoms with Crippen molar-refractivity contribution in [1.29, 1.82) is 0 Å². The van der Waals surface area contributed by atoms with Crippen molar-refractivity contribution in [2.24, 2.45) is 0 Å². The molecule has 1 N–H and O–H groups in total. The van der Waals surface area contributed by atoms with E-state index in [1.807, 2.05) is 20.8 Å². The number of carbonyl (C=O) groups is 1. The Morgan fingerprint density at radius 3 is 2.96 bits per heavy atom. The molecule has 0 aliphatic carbocycles. The molecule has 0 unspecified atom stereocenters. The number of aryl methyl sites for hydroxylation is 2. The zero-order valence-corrected chi connectivity index (χ0v) is 13.9. The molecule has 120 valence electrons. The molecule has 3 aromatic rings. The molecule has 3 rings (SSSR count). The second kappa shape index (κ2) is 6.00. The standard InChI is InChI=1S/C16H17N3O3S/c1-9-11(3)23-15-14(9)16(21)19(8-17-15)7-13(20)18-10(2)12-5-4-6-22-12/h4-6,8,10H,7H2,1-3H3,(H,18,20)/t10-/m0/s1. The molecule has 1 amide bonds. The van der Waals surface area contributed by atoms with Gasteiger partial charge in [-0.25, -0.2) is 4.98 Å². The first-order valence-corrected chi connectivity index (χ1v) is 8.07. The quantitative estimate of drug-likeness (QED) is 0.797. The van der Waals surface area contributed by atoms with Crippen LogP contribution in [0, 0.1) is 13.8 Å². The summed E-state index contributed by atoms with van der Waals surface area (Å²) in [5.41, 5.74) is 0.749. The SMILES string of the molecule is Cc1sc2ncn(CC(=O)N[C@@H](C)c3ccco3)c(=O)c2c1C. The van der Waals surface area contributed by atoms with E-state index in [1.165, 1.54) is 22.2 Å². The van der Waals surface area contributed by atoms with Gasteiger partial charge in [0.2, 0.25) is 5.91 Å². The summed E-state index contributed by atoms with van der Waals surface area (Å²) in [5.74, 6) is 0.408. The highest BCUT2D eigenvalue weighted by molar-refractivity contribution is 7.18. The second-order valence-corrected chi connectivity index (χ2v) is 6.65. The van der Waals surface area contributed by atoms with E-state index in [0.717, 1.165) is 10.4 Å². The molecular weight excluding hydrogens is 314 g/mol. The molecule has 6 nitrogen and oxygen atoms in total. The number of amides is 1. The van der Waals surface area contributed by atoms with E-state index in [4.69, 9.17) is 4.42 Å². The van der Waals surface area contributed by atoms with E-state index in [9.17, 15) is 9.59 Å². The normalized spacial score (nSPS) is 12.5. The highest BCUT2D eigenvalue weighted by atomic mass is 32.1. The van der Waals surface area contributed by atoms with Crippen LogP contribution in [0.15, 0.2) is 33.9 Å². The Kier molecular flexibility index (Phi) is 4.04. The van der Waals surface area contributed by atoms with Crippen molar-refractivity contribution in [3.8, 4) is 0 Å². The second-order valence-electron chi connectivity index (χ2n) is 5.45. The number of rotatable bonds is 4. The van der Waals surface area contributed by atoms with Gasteiger partial charge in [0.25, 0.3) is 5.56 Å². The van der Waals surface area contributed by atoms with E-state index in [0.29, 0.717) is 16.0 Å². The van der Waals surface area contributed by atoms with Gasteiger partial charge in [0.1, 0.15) is 17.1 Å². The van der Waals surface area contributed by atoms with E-state index in [-0.39, 0.29) is 24.1 Å². The van der Waals surface area contributed by atoms with Crippen molar-refractivity contribution in [2.45, 2.75) is 33.4 Å². The first-order valence-electron chi connectivity index (χ1n) is 7.25. The van der Waals surface area contributed by atoms with E-state index >= 15 is 0 Å². The lowest BCUT2D eigenvalue weighted by Crippen LogP contribution is -2.33. The van der Waals surface area contributed by atoms with Gasteiger partial charge in [-0.15, -0.1) is 11.3 Å². The van der Waals surface area contributed by atoms with Crippen molar-refractivity contribution in [3.63, 3.8) is 0 Å². The van der Waals surface area contributed by atoms with Crippen molar-refractivity contribution in [1.82, 2.24) is 14.9 Å². The van der Waals surface area contributed by atoms with Crippen molar-refractivity contribution in [3.05, 3.63) is 51.3 Å². The molecule has 3 heterocycles. The number of hydrogen-bond acceptors (Lipinski definition) is 5. The molecule has 7 heteroatoms. The van der Waals surface area contributed by atoms with Gasteiger partial charge in [-0.2, -0.15) is 0 Å². The molecule has 0 saturated carbocycles. The molecule has 0 saturated heterocycles. The van der Waals surface area contributed by atoms with Crippen LogP contribution in [0.2, 0.25) is 0 Å². The zero-order chi connectivity index (χ0) is 16.6. The summed E-state index contributed by atoms with van der Waals surface area (Å²) < 4.78 is 6.59. The van der Waals surface area contributed by atoms with Gasteiger partial charge in [0.15, 0.2) is 0 Å². The van der Waals surface area contributed by atoms with Crippen LogP contribution in [0.4, 0.5) is 0 Å². The van der Waals surface area contributed by atoms with Gasteiger partial charge in [-0.1, -0.05) is 0 Å². The van der Waals surface area contributed by atoms with Gasteiger partial charge >= 0.3 is 0 Å². The predicted molar refractivity (Wildman–Crippen MR) is 88.6 cm³/mol. The van der Waals surface area contributed by atoms with E-state index < -0.39 is 0 Å². The maximum atomic E-state index is 12.5. The summed E-state index contributed by atoms with van der Waals surface area (Å²) in [4.78, 5) is 30.8. The fraction of sp³-hybridized carbons (Fsp3) is 0.312. The lowest BCUT2D eigenvalue weighted by Gasteiger charge is -2.12. The molecule has 0 aromatic carbocycles. The third-order valence-corrected chi connectivity index (χ3v) is 4.93. The van der Waals surface area contributed by atoms with E-state index in [2.05, 4.69) is 10.3 Å². The minimum Gasteiger partial charge on any atom is -0.467 e. The van der Waals surface area contributed by atoms with Crippen LogP contribution < -0.4 is 10.9 Å². The molecule has 0 spiro atoms. The highest BCUT2D eigenvalue weighted by Crippen LogP contribution is 2.25. The van der Waals surface area contributed by atoms with Crippen LogP contribution in [-0.2, 0) is 11.3 Å². The number of aromatic nitrogens is 2. The average molecular weight is 331 g/mol. The minimum absolute atomic E-state index is 0.0683.